The molecule has 0 unspecified atom stereocenters. The van der Waals surface area contributed by atoms with Crippen molar-refractivity contribution in [3.8, 4) is 5.69 Å². The minimum Gasteiger partial charge on any atom is -0.452 e. The van der Waals surface area contributed by atoms with Gasteiger partial charge < -0.3 is 19.3 Å². The molecule has 2 heterocycles. The van der Waals surface area contributed by atoms with Gasteiger partial charge >= 0.3 is 12.1 Å². The fourth-order valence-electron chi connectivity index (χ4n) is 3.40. The van der Waals surface area contributed by atoms with E-state index in [1.54, 1.807) is 35.3 Å². The van der Waals surface area contributed by atoms with Crippen LogP contribution in [-0.4, -0.2) is 76.9 Å². The summed E-state index contributed by atoms with van der Waals surface area (Å²) in [5.74, 6) is -0.872. The number of hydrogen-bond donors (Lipinski definition) is 0. The molecule has 2 aromatic rings. The predicted molar refractivity (Wildman–Crippen MR) is 108 cm³/mol. The first-order valence-electron chi connectivity index (χ1n) is 9.90. The quantitative estimate of drug-likeness (QED) is 0.694. The van der Waals surface area contributed by atoms with Crippen LogP contribution in [-0.2, 0) is 14.3 Å². The summed E-state index contributed by atoms with van der Waals surface area (Å²) in [5.41, 5.74) is 2.39. The zero-order chi connectivity index (χ0) is 21.7. The van der Waals surface area contributed by atoms with E-state index in [-0.39, 0.29) is 18.6 Å². The number of rotatable bonds is 5. The molecule has 1 fully saturated rings. The molecule has 1 aliphatic rings. The van der Waals surface area contributed by atoms with Crippen molar-refractivity contribution in [3.05, 3.63) is 47.3 Å². The summed E-state index contributed by atoms with van der Waals surface area (Å²) in [7, 11) is 0. The molecule has 30 heavy (non-hydrogen) atoms. The number of nitrogens with zero attached hydrogens (tertiary/aromatic N) is 4. The summed E-state index contributed by atoms with van der Waals surface area (Å²) in [6, 6.07) is 9.48. The summed E-state index contributed by atoms with van der Waals surface area (Å²) in [6.45, 7) is 6.76. The number of aryl methyl sites for hydroxylation is 1. The van der Waals surface area contributed by atoms with Crippen molar-refractivity contribution >= 4 is 18.0 Å². The molecule has 2 amide bonds. The molecule has 0 saturated carbocycles. The Kier molecular flexibility index (Phi) is 6.71. The highest BCUT2D eigenvalue weighted by Crippen LogP contribution is 2.19. The molecule has 1 aromatic carbocycles. The van der Waals surface area contributed by atoms with Gasteiger partial charge in [0.25, 0.3) is 5.91 Å². The molecule has 1 aliphatic heterocycles. The lowest BCUT2D eigenvalue weighted by Gasteiger charge is -2.33. The van der Waals surface area contributed by atoms with Crippen LogP contribution in [0.1, 0.15) is 28.7 Å². The third-order valence-corrected chi connectivity index (χ3v) is 4.98. The zero-order valence-corrected chi connectivity index (χ0v) is 17.5. The van der Waals surface area contributed by atoms with Gasteiger partial charge in [0.1, 0.15) is 5.56 Å². The molecule has 160 valence electrons. The van der Waals surface area contributed by atoms with Gasteiger partial charge in [-0.25, -0.2) is 14.3 Å². The Bertz CT molecular complexity index is 917. The summed E-state index contributed by atoms with van der Waals surface area (Å²) in [4.78, 5) is 39.9. The maximum atomic E-state index is 12.6. The second-order valence-electron chi connectivity index (χ2n) is 6.94. The van der Waals surface area contributed by atoms with Crippen LogP contribution in [0.2, 0.25) is 0 Å². The average molecular weight is 414 g/mol. The first-order chi connectivity index (χ1) is 14.4. The summed E-state index contributed by atoms with van der Waals surface area (Å²) < 4.78 is 11.9. The molecule has 0 radical (unpaired) electrons. The van der Waals surface area contributed by atoms with E-state index in [1.165, 1.54) is 0 Å². The lowest BCUT2D eigenvalue weighted by atomic mass is 10.2. The van der Waals surface area contributed by atoms with E-state index < -0.39 is 5.97 Å². The maximum Gasteiger partial charge on any atom is 0.409 e. The Balaban J connectivity index is 1.57. The minimum atomic E-state index is -0.578. The van der Waals surface area contributed by atoms with Crippen molar-refractivity contribution in [3.63, 3.8) is 0 Å². The van der Waals surface area contributed by atoms with E-state index in [9.17, 15) is 14.4 Å². The van der Waals surface area contributed by atoms with Crippen LogP contribution < -0.4 is 0 Å². The Morgan fingerprint density at radius 2 is 1.60 bits per heavy atom. The number of amides is 2. The Hall–Kier alpha value is -3.36. The highest BCUT2D eigenvalue weighted by Gasteiger charge is 2.26. The third-order valence-electron chi connectivity index (χ3n) is 4.98. The molecule has 0 bridgehead atoms. The van der Waals surface area contributed by atoms with Crippen molar-refractivity contribution in [2.45, 2.75) is 20.8 Å². The standard InChI is InChI=1S/C21H26N4O5/c1-4-29-21(28)24-12-10-23(11-13-24)18(26)14-30-20(27)19-15(2)22-25(16(19)3)17-8-6-5-7-9-17/h5-9H,4,10-14H2,1-3H3. The topological polar surface area (TPSA) is 94.0 Å². The molecular weight excluding hydrogens is 388 g/mol. The SMILES string of the molecule is CCOC(=O)N1CCN(C(=O)COC(=O)c2c(C)nn(-c3ccccc3)c2C)CC1. The van der Waals surface area contributed by atoms with Crippen LogP contribution in [0.5, 0.6) is 0 Å². The normalized spacial score (nSPS) is 13.8. The summed E-state index contributed by atoms with van der Waals surface area (Å²) >= 11 is 0. The van der Waals surface area contributed by atoms with Crippen molar-refractivity contribution in [2.75, 3.05) is 39.4 Å². The number of ether oxygens (including phenoxy) is 2. The third kappa shape index (κ3) is 4.61. The minimum absolute atomic E-state index is 0.294. The monoisotopic (exact) mass is 414 g/mol. The molecule has 9 nitrogen and oxygen atoms in total. The summed E-state index contributed by atoms with van der Waals surface area (Å²) in [5, 5.41) is 4.43. The Morgan fingerprint density at radius 1 is 0.967 bits per heavy atom. The number of piperazine rings is 1. The van der Waals surface area contributed by atoms with E-state index in [0.29, 0.717) is 49.7 Å². The molecule has 3 rings (SSSR count). The first-order valence-corrected chi connectivity index (χ1v) is 9.90. The maximum absolute atomic E-state index is 12.6. The van der Waals surface area contributed by atoms with Crippen molar-refractivity contribution < 1.29 is 23.9 Å². The molecule has 0 N–H and O–H groups in total. The van der Waals surface area contributed by atoms with E-state index in [2.05, 4.69) is 5.10 Å². The van der Waals surface area contributed by atoms with Gasteiger partial charge in [0.15, 0.2) is 6.61 Å². The number of carbonyl (C=O) groups excluding carboxylic acids is 3. The number of para-hydroxylation sites is 1. The van der Waals surface area contributed by atoms with Crippen LogP contribution in [0.4, 0.5) is 4.79 Å². The van der Waals surface area contributed by atoms with E-state index >= 15 is 0 Å². The van der Waals surface area contributed by atoms with Gasteiger partial charge in [0.2, 0.25) is 0 Å². The van der Waals surface area contributed by atoms with Gasteiger partial charge in [-0.1, -0.05) is 18.2 Å². The second kappa shape index (κ2) is 9.43. The largest absolute Gasteiger partial charge is 0.452 e. The van der Waals surface area contributed by atoms with Gasteiger partial charge in [-0.15, -0.1) is 0 Å². The second-order valence-corrected chi connectivity index (χ2v) is 6.94. The number of benzene rings is 1. The molecule has 1 saturated heterocycles. The molecule has 9 heteroatoms. The lowest BCUT2D eigenvalue weighted by molar-refractivity contribution is -0.136. The van der Waals surface area contributed by atoms with Gasteiger partial charge in [-0.3, -0.25) is 4.79 Å². The highest BCUT2D eigenvalue weighted by atomic mass is 16.6. The molecule has 1 aromatic heterocycles. The molecular formula is C21H26N4O5. The number of carbonyl (C=O) groups is 3. The van der Waals surface area contributed by atoms with Gasteiger partial charge in [0, 0.05) is 26.2 Å². The van der Waals surface area contributed by atoms with E-state index in [1.807, 2.05) is 30.3 Å². The number of aromatic nitrogens is 2. The fourth-order valence-corrected chi connectivity index (χ4v) is 3.40. The van der Waals surface area contributed by atoms with Crippen LogP contribution in [0, 0.1) is 13.8 Å². The number of hydrogen-bond acceptors (Lipinski definition) is 6. The summed E-state index contributed by atoms with van der Waals surface area (Å²) in [6.07, 6.45) is -0.377. The molecule has 0 atom stereocenters. The van der Waals surface area contributed by atoms with Gasteiger partial charge in [-0.2, -0.15) is 5.10 Å². The van der Waals surface area contributed by atoms with Crippen LogP contribution in [0.3, 0.4) is 0 Å². The van der Waals surface area contributed by atoms with E-state index in [4.69, 9.17) is 9.47 Å². The highest BCUT2D eigenvalue weighted by molar-refractivity contribution is 5.93. The van der Waals surface area contributed by atoms with E-state index in [0.717, 1.165) is 5.69 Å². The van der Waals surface area contributed by atoms with Gasteiger partial charge in [-0.05, 0) is 32.9 Å². The Labute approximate surface area is 175 Å². The lowest BCUT2D eigenvalue weighted by Crippen LogP contribution is -2.51. The zero-order valence-electron chi connectivity index (χ0n) is 17.5. The average Bonchev–Trinajstić information content (AvgIpc) is 3.06. The predicted octanol–water partition coefficient (Wildman–Crippen LogP) is 1.95. The molecule has 0 spiro atoms. The van der Waals surface area contributed by atoms with Gasteiger partial charge in [0.05, 0.1) is 23.7 Å². The smallest absolute Gasteiger partial charge is 0.409 e. The van der Waals surface area contributed by atoms with Crippen LogP contribution >= 0.6 is 0 Å². The molecule has 0 aliphatic carbocycles. The Morgan fingerprint density at radius 3 is 2.23 bits per heavy atom. The van der Waals surface area contributed by atoms with Crippen molar-refractivity contribution in [1.29, 1.82) is 0 Å². The van der Waals surface area contributed by atoms with Crippen molar-refractivity contribution in [1.82, 2.24) is 19.6 Å². The van der Waals surface area contributed by atoms with Crippen molar-refractivity contribution in [2.24, 2.45) is 0 Å². The van der Waals surface area contributed by atoms with Crippen LogP contribution in [0.15, 0.2) is 30.3 Å². The van der Waals surface area contributed by atoms with Crippen LogP contribution in [0.25, 0.3) is 5.69 Å². The number of esters is 1. The first kappa shape index (κ1) is 21.4. The fraction of sp³-hybridized carbons (Fsp3) is 0.429.